The molecule has 0 amide bonds. The number of rotatable bonds is 1. The van der Waals surface area contributed by atoms with Crippen LogP contribution in [0.15, 0.2) is 22.9 Å². The van der Waals surface area contributed by atoms with Crippen molar-refractivity contribution in [1.29, 1.82) is 0 Å². The standard InChI is InChI=1S/C8H9BrN2/c9-7-1-4-11-5-6(7)8(10)2-3-8/h1,4-5H,2-3,10H2. The van der Waals surface area contributed by atoms with Gasteiger partial charge >= 0.3 is 0 Å². The van der Waals surface area contributed by atoms with E-state index in [9.17, 15) is 0 Å². The van der Waals surface area contributed by atoms with Crippen molar-refractivity contribution >= 4 is 15.9 Å². The highest BCUT2D eigenvalue weighted by molar-refractivity contribution is 9.10. The van der Waals surface area contributed by atoms with Gasteiger partial charge in [0.15, 0.2) is 0 Å². The molecule has 0 bridgehead atoms. The molecule has 2 rings (SSSR count). The largest absolute Gasteiger partial charge is 0.321 e. The zero-order valence-electron chi connectivity index (χ0n) is 6.05. The van der Waals surface area contributed by atoms with E-state index in [2.05, 4.69) is 20.9 Å². The van der Waals surface area contributed by atoms with Gasteiger partial charge in [-0.05, 0) is 18.9 Å². The molecule has 2 nitrogen and oxygen atoms in total. The van der Waals surface area contributed by atoms with Gasteiger partial charge in [0.05, 0.1) is 0 Å². The summed E-state index contributed by atoms with van der Waals surface area (Å²) in [4.78, 5) is 4.04. The molecule has 0 aromatic carbocycles. The molecule has 1 aliphatic rings. The molecule has 1 fully saturated rings. The Labute approximate surface area is 73.9 Å². The van der Waals surface area contributed by atoms with E-state index in [-0.39, 0.29) is 5.54 Å². The van der Waals surface area contributed by atoms with Gasteiger partial charge in [0.1, 0.15) is 0 Å². The Bertz CT molecular complexity index is 281. The zero-order chi connectivity index (χ0) is 7.90. The Morgan fingerprint density at radius 3 is 2.82 bits per heavy atom. The fraction of sp³-hybridized carbons (Fsp3) is 0.375. The van der Waals surface area contributed by atoms with E-state index in [1.54, 1.807) is 6.20 Å². The number of halogens is 1. The molecule has 1 heterocycles. The maximum Gasteiger partial charge on any atom is 0.0437 e. The SMILES string of the molecule is NC1(c2cnccc2Br)CC1. The van der Waals surface area contributed by atoms with Gasteiger partial charge in [-0.1, -0.05) is 15.9 Å². The molecule has 11 heavy (non-hydrogen) atoms. The van der Waals surface area contributed by atoms with Crippen molar-refractivity contribution < 1.29 is 0 Å². The highest BCUT2D eigenvalue weighted by atomic mass is 79.9. The normalized spacial score (nSPS) is 19.8. The first-order valence-electron chi connectivity index (χ1n) is 3.61. The zero-order valence-corrected chi connectivity index (χ0v) is 7.63. The van der Waals surface area contributed by atoms with Crippen LogP contribution in [0.4, 0.5) is 0 Å². The third-order valence-corrected chi connectivity index (χ3v) is 2.78. The van der Waals surface area contributed by atoms with Gasteiger partial charge in [-0.3, -0.25) is 4.98 Å². The highest BCUT2D eigenvalue weighted by Crippen LogP contribution is 2.44. The van der Waals surface area contributed by atoms with Crippen LogP contribution in [-0.2, 0) is 5.54 Å². The number of hydrogen-bond donors (Lipinski definition) is 1. The highest BCUT2D eigenvalue weighted by Gasteiger charge is 2.41. The quantitative estimate of drug-likeness (QED) is 0.772. The second kappa shape index (κ2) is 2.29. The number of aromatic nitrogens is 1. The first-order chi connectivity index (χ1) is 5.22. The molecule has 0 saturated heterocycles. The molecule has 3 heteroatoms. The first kappa shape index (κ1) is 7.25. The van der Waals surface area contributed by atoms with Crippen LogP contribution in [0, 0.1) is 0 Å². The Hall–Kier alpha value is -0.410. The molecule has 0 atom stereocenters. The van der Waals surface area contributed by atoms with Crippen molar-refractivity contribution in [2.75, 3.05) is 0 Å². The summed E-state index contributed by atoms with van der Waals surface area (Å²) in [6, 6.07) is 1.93. The van der Waals surface area contributed by atoms with Crippen LogP contribution < -0.4 is 5.73 Å². The first-order valence-corrected chi connectivity index (χ1v) is 4.40. The molecule has 1 saturated carbocycles. The van der Waals surface area contributed by atoms with E-state index in [1.807, 2.05) is 12.3 Å². The third kappa shape index (κ3) is 1.19. The summed E-state index contributed by atoms with van der Waals surface area (Å²) in [7, 11) is 0. The van der Waals surface area contributed by atoms with Crippen LogP contribution in [0.1, 0.15) is 18.4 Å². The minimum absolute atomic E-state index is 0.0763. The van der Waals surface area contributed by atoms with Crippen molar-refractivity contribution in [3.8, 4) is 0 Å². The third-order valence-electron chi connectivity index (χ3n) is 2.09. The van der Waals surface area contributed by atoms with Crippen molar-refractivity contribution in [1.82, 2.24) is 4.98 Å². The molecule has 58 valence electrons. The molecule has 0 aliphatic heterocycles. The summed E-state index contributed by atoms with van der Waals surface area (Å²) in [6.07, 6.45) is 5.77. The van der Waals surface area contributed by atoms with E-state index in [1.165, 1.54) is 0 Å². The monoisotopic (exact) mass is 212 g/mol. The van der Waals surface area contributed by atoms with Gasteiger partial charge in [0, 0.05) is 28.0 Å². The van der Waals surface area contributed by atoms with Gasteiger partial charge in [-0.25, -0.2) is 0 Å². The number of pyridine rings is 1. The molecular formula is C8H9BrN2. The van der Waals surface area contributed by atoms with Gasteiger partial charge in [-0.2, -0.15) is 0 Å². The van der Waals surface area contributed by atoms with Crippen molar-refractivity contribution in [2.24, 2.45) is 5.73 Å². The Balaban J connectivity index is 2.45. The topological polar surface area (TPSA) is 38.9 Å². The van der Waals surface area contributed by atoms with Gasteiger partial charge in [0.2, 0.25) is 0 Å². The minimum Gasteiger partial charge on any atom is -0.321 e. The van der Waals surface area contributed by atoms with E-state index in [0.717, 1.165) is 22.9 Å². The van der Waals surface area contributed by atoms with E-state index >= 15 is 0 Å². The van der Waals surface area contributed by atoms with Crippen molar-refractivity contribution in [2.45, 2.75) is 18.4 Å². The summed E-state index contributed by atoms with van der Waals surface area (Å²) in [6.45, 7) is 0. The lowest BCUT2D eigenvalue weighted by molar-refractivity contribution is 0.730. The van der Waals surface area contributed by atoms with Crippen molar-refractivity contribution in [3.05, 3.63) is 28.5 Å². The molecule has 2 N–H and O–H groups in total. The second-order valence-corrected chi connectivity index (χ2v) is 3.87. The average Bonchev–Trinajstić information content (AvgIpc) is 2.70. The Kier molecular flexibility index (Phi) is 1.51. The maximum absolute atomic E-state index is 6.00. The fourth-order valence-corrected chi connectivity index (χ4v) is 1.76. The van der Waals surface area contributed by atoms with Gasteiger partial charge in [0.25, 0.3) is 0 Å². The number of nitrogens with zero attached hydrogens (tertiary/aromatic N) is 1. The lowest BCUT2D eigenvalue weighted by atomic mass is 10.1. The van der Waals surface area contributed by atoms with E-state index < -0.39 is 0 Å². The molecule has 1 aliphatic carbocycles. The van der Waals surface area contributed by atoms with Crippen LogP contribution in [0.2, 0.25) is 0 Å². The van der Waals surface area contributed by atoms with Crippen LogP contribution in [0.3, 0.4) is 0 Å². The lowest BCUT2D eigenvalue weighted by Gasteiger charge is -2.09. The molecule has 0 unspecified atom stereocenters. The summed E-state index contributed by atoms with van der Waals surface area (Å²) in [5.74, 6) is 0. The Morgan fingerprint density at radius 1 is 1.55 bits per heavy atom. The smallest absolute Gasteiger partial charge is 0.0437 e. The van der Waals surface area contributed by atoms with E-state index in [4.69, 9.17) is 5.73 Å². The van der Waals surface area contributed by atoms with E-state index in [0.29, 0.717) is 0 Å². The van der Waals surface area contributed by atoms with Crippen LogP contribution in [-0.4, -0.2) is 4.98 Å². The second-order valence-electron chi connectivity index (χ2n) is 3.01. The Morgan fingerprint density at radius 2 is 2.27 bits per heavy atom. The maximum atomic E-state index is 6.00. The summed E-state index contributed by atoms with van der Waals surface area (Å²) in [5, 5.41) is 0. The molecular weight excluding hydrogens is 204 g/mol. The summed E-state index contributed by atoms with van der Waals surface area (Å²) >= 11 is 3.45. The van der Waals surface area contributed by atoms with Crippen LogP contribution in [0.25, 0.3) is 0 Å². The minimum atomic E-state index is -0.0763. The number of nitrogens with two attached hydrogens (primary N) is 1. The van der Waals surface area contributed by atoms with Crippen LogP contribution in [0.5, 0.6) is 0 Å². The molecule has 0 spiro atoms. The predicted molar refractivity (Wildman–Crippen MR) is 47.0 cm³/mol. The molecule has 1 aromatic heterocycles. The molecule has 1 aromatic rings. The lowest BCUT2D eigenvalue weighted by Crippen LogP contribution is -2.19. The summed E-state index contributed by atoms with van der Waals surface area (Å²) in [5.41, 5.74) is 7.06. The summed E-state index contributed by atoms with van der Waals surface area (Å²) < 4.78 is 1.08. The number of hydrogen-bond acceptors (Lipinski definition) is 2. The van der Waals surface area contributed by atoms with Crippen LogP contribution >= 0.6 is 15.9 Å². The predicted octanol–water partition coefficient (Wildman–Crippen LogP) is 1.79. The van der Waals surface area contributed by atoms with Crippen molar-refractivity contribution in [3.63, 3.8) is 0 Å². The fourth-order valence-electron chi connectivity index (χ4n) is 1.15. The van der Waals surface area contributed by atoms with Gasteiger partial charge in [-0.15, -0.1) is 0 Å². The average molecular weight is 213 g/mol. The molecule has 0 radical (unpaired) electrons. The van der Waals surface area contributed by atoms with Gasteiger partial charge < -0.3 is 5.73 Å².